The van der Waals surface area contributed by atoms with Crippen molar-refractivity contribution in [2.24, 2.45) is 0 Å². The maximum atomic E-state index is 13.8. The first-order chi connectivity index (χ1) is 18.8. The molecule has 1 unspecified atom stereocenters. The molecule has 1 fully saturated rings. The van der Waals surface area contributed by atoms with Crippen LogP contribution in [-0.2, 0) is 32.6 Å². The molecule has 0 spiro atoms. The molecule has 0 aliphatic carbocycles. The number of nitro benzene ring substituents is 1. The molecule has 0 radical (unpaired) electrons. The minimum absolute atomic E-state index is 0.00191. The molecule has 0 saturated carbocycles. The summed E-state index contributed by atoms with van der Waals surface area (Å²) in [5.41, 5.74) is 0.592. The van der Waals surface area contributed by atoms with Crippen molar-refractivity contribution < 1.29 is 32.3 Å². The van der Waals surface area contributed by atoms with E-state index in [-0.39, 0.29) is 42.5 Å². The van der Waals surface area contributed by atoms with Crippen molar-refractivity contribution in [3.8, 4) is 11.5 Å². The van der Waals surface area contributed by atoms with Crippen LogP contribution >= 0.6 is 11.3 Å². The molecule has 1 atom stereocenters. The highest BCUT2D eigenvalue weighted by Crippen LogP contribution is 2.33. The van der Waals surface area contributed by atoms with Gasteiger partial charge in [-0.3, -0.25) is 14.9 Å². The maximum Gasteiger partial charge on any atom is 0.269 e. The largest absolute Gasteiger partial charge is 0.454 e. The van der Waals surface area contributed by atoms with Gasteiger partial charge >= 0.3 is 0 Å². The molecular weight excluding hydrogens is 546 g/mol. The number of benzene rings is 2. The number of hydrogen-bond acceptors (Lipinski definition) is 9. The van der Waals surface area contributed by atoms with Crippen molar-refractivity contribution in [1.29, 1.82) is 0 Å². The van der Waals surface area contributed by atoms with Crippen LogP contribution in [0, 0.1) is 10.1 Å². The Labute approximate surface area is 229 Å². The zero-order valence-corrected chi connectivity index (χ0v) is 22.6. The molecule has 3 heterocycles. The predicted molar refractivity (Wildman–Crippen MR) is 142 cm³/mol. The number of rotatable bonds is 11. The zero-order valence-electron chi connectivity index (χ0n) is 20.9. The molecule has 5 rings (SSSR count). The molecule has 0 bridgehead atoms. The molecule has 2 aliphatic heterocycles. The second-order valence-electron chi connectivity index (χ2n) is 9.20. The number of non-ortho nitro benzene ring substituents is 1. The number of amides is 1. The molecule has 2 aliphatic rings. The normalized spacial score (nSPS) is 16.5. The lowest BCUT2D eigenvalue weighted by molar-refractivity contribution is -0.384. The number of hydrogen-bond donors (Lipinski definition) is 0. The van der Waals surface area contributed by atoms with Gasteiger partial charge in [-0.15, -0.1) is 11.3 Å². The summed E-state index contributed by atoms with van der Waals surface area (Å²) in [7, 11) is -4.15. The second kappa shape index (κ2) is 11.7. The first kappa shape index (κ1) is 27.1. The van der Waals surface area contributed by atoms with Crippen LogP contribution in [0.25, 0.3) is 0 Å². The topological polar surface area (TPSA) is 129 Å². The fourth-order valence-corrected chi connectivity index (χ4v) is 6.63. The molecule has 2 aromatic carbocycles. The van der Waals surface area contributed by atoms with Gasteiger partial charge < -0.3 is 19.1 Å². The van der Waals surface area contributed by atoms with Gasteiger partial charge in [-0.2, -0.15) is 4.31 Å². The van der Waals surface area contributed by atoms with Gasteiger partial charge in [-0.1, -0.05) is 12.1 Å². The monoisotopic (exact) mass is 573 g/mol. The summed E-state index contributed by atoms with van der Waals surface area (Å²) in [5.74, 6) is 0.841. The maximum absolute atomic E-state index is 13.8. The predicted octanol–water partition coefficient (Wildman–Crippen LogP) is 3.78. The van der Waals surface area contributed by atoms with Gasteiger partial charge in [-0.25, -0.2) is 8.42 Å². The Balaban J connectivity index is 1.40. The van der Waals surface area contributed by atoms with E-state index in [1.807, 2.05) is 29.6 Å². The van der Waals surface area contributed by atoms with Crippen LogP contribution in [0.2, 0.25) is 0 Å². The highest BCUT2D eigenvalue weighted by Gasteiger charge is 2.32. The van der Waals surface area contributed by atoms with E-state index in [9.17, 15) is 23.3 Å². The minimum atomic E-state index is -4.15. The van der Waals surface area contributed by atoms with Gasteiger partial charge in [0.25, 0.3) is 5.69 Å². The quantitative estimate of drug-likeness (QED) is 0.250. The highest BCUT2D eigenvalue weighted by molar-refractivity contribution is 7.89. The summed E-state index contributed by atoms with van der Waals surface area (Å²) < 4.78 is 45.0. The highest BCUT2D eigenvalue weighted by atomic mass is 32.2. The lowest BCUT2D eigenvalue weighted by Crippen LogP contribution is -2.45. The lowest BCUT2D eigenvalue weighted by atomic mass is 10.2. The Kier molecular flexibility index (Phi) is 8.12. The summed E-state index contributed by atoms with van der Waals surface area (Å²) in [5, 5.41) is 13.0. The van der Waals surface area contributed by atoms with Gasteiger partial charge in [0.05, 0.1) is 29.0 Å². The SMILES string of the molecule is O=C(CN(CC1CCCO1)S(=O)(=O)c1ccc([N+](=O)[O-])cc1)N(Cc1ccc2c(c1)OCO2)Cc1cccs1. The number of thiophene rings is 1. The van der Waals surface area contributed by atoms with Crippen molar-refractivity contribution in [1.82, 2.24) is 9.21 Å². The van der Waals surface area contributed by atoms with E-state index in [1.54, 1.807) is 11.0 Å². The summed E-state index contributed by atoms with van der Waals surface area (Å²) in [6.07, 6.45) is 1.14. The standard InChI is InChI=1S/C26H27N3O8S2/c30-26(27(16-22-4-2-12-38-22)14-19-5-10-24-25(13-19)37-18-36-24)17-28(15-21-3-1-11-35-21)39(33,34)23-8-6-20(7-9-23)29(31)32/h2,4-10,12-13,21H,1,3,11,14-18H2. The summed E-state index contributed by atoms with van der Waals surface area (Å²) in [6.45, 7) is 0.792. The fourth-order valence-electron chi connectivity index (χ4n) is 4.49. The third-order valence-electron chi connectivity index (χ3n) is 6.52. The van der Waals surface area contributed by atoms with E-state index >= 15 is 0 Å². The molecule has 11 nitrogen and oxygen atoms in total. The third kappa shape index (κ3) is 6.38. The lowest BCUT2D eigenvalue weighted by Gasteiger charge is -2.28. The van der Waals surface area contributed by atoms with Gasteiger partial charge in [0.1, 0.15) is 0 Å². The average molecular weight is 574 g/mol. The minimum Gasteiger partial charge on any atom is -0.454 e. The van der Waals surface area contributed by atoms with Crippen molar-refractivity contribution in [2.45, 2.75) is 36.9 Å². The van der Waals surface area contributed by atoms with E-state index < -0.39 is 21.5 Å². The van der Waals surface area contributed by atoms with Crippen LogP contribution < -0.4 is 9.47 Å². The van der Waals surface area contributed by atoms with E-state index in [1.165, 1.54) is 23.5 Å². The van der Waals surface area contributed by atoms with Crippen molar-refractivity contribution in [2.75, 3.05) is 26.5 Å². The molecule has 206 valence electrons. The molecule has 1 aromatic heterocycles. The number of ether oxygens (including phenoxy) is 3. The molecule has 3 aromatic rings. The van der Waals surface area contributed by atoms with Crippen LogP contribution in [0.4, 0.5) is 5.69 Å². The smallest absolute Gasteiger partial charge is 0.269 e. The van der Waals surface area contributed by atoms with E-state index in [4.69, 9.17) is 14.2 Å². The van der Waals surface area contributed by atoms with Crippen LogP contribution in [-0.4, -0.2) is 61.0 Å². The summed E-state index contributed by atoms with van der Waals surface area (Å²) >= 11 is 1.50. The average Bonchev–Trinajstić information content (AvgIpc) is 3.71. The molecule has 13 heteroatoms. The first-order valence-corrected chi connectivity index (χ1v) is 14.7. The Morgan fingerprint density at radius 1 is 1.08 bits per heavy atom. The van der Waals surface area contributed by atoms with E-state index in [0.717, 1.165) is 33.3 Å². The van der Waals surface area contributed by atoms with E-state index in [2.05, 4.69) is 0 Å². The van der Waals surface area contributed by atoms with Crippen LogP contribution in [0.5, 0.6) is 11.5 Å². The van der Waals surface area contributed by atoms with Crippen LogP contribution in [0.1, 0.15) is 23.3 Å². The van der Waals surface area contributed by atoms with Crippen LogP contribution in [0.3, 0.4) is 0 Å². The van der Waals surface area contributed by atoms with Gasteiger partial charge in [-0.05, 0) is 54.1 Å². The number of sulfonamides is 1. The number of carbonyl (C=O) groups is 1. The summed E-state index contributed by atoms with van der Waals surface area (Å²) in [6, 6.07) is 13.9. The molecule has 1 amide bonds. The Morgan fingerprint density at radius 3 is 2.56 bits per heavy atom. The fraction of sp³-hybridized carbons (Fsp3) is 0.346. The second-order valence-corrected chi connectivity index (χ2v) is 12.2. The molecule has 0 N–H and O–H groups in total. The Bertz CT molecular complexity index is 1420. The van der Waals surface area contributed by atoms with Crippen molar-refractivity contribution in [3.05, 3.63) is 80.5 Å². The third-order valence-corrected chi connectivity index (χ3v) is 9.21. The van der Waals surface area contributed by atoms with Gasteiger partial charge in [0.15, 0.2) is 11.5 Å². The Morgan fingerprint density at radius 2 is 1.87 bits per heavy atom. The number of carbonyl (C=O) groups excluding carboxylic acids is 1. The van der Waals surface area contributed by atoms with Crippen LogP contribution in [0.15, 0.2) is 64.9 Å². The number of fused-ring (bicyclic) bond motifs is 1. The van der Waals surface area contributed by atoms with Crippen molar-refractivity contribution in [3.63, 3.8) is 0 Å². The first-order valence-electron chi connectivity index (χ1n) is 12.3. The number of nitrogens with zero attached hydrogens (tertiary/aromatic N) is 3. The van der Waals surface area contributed by atoms with Gasteiger partial charge in [0.2, 0.25) is 22.7 Å². The summed E-state index contributed by atoms with van der Waals surface area (Å²) in [4.78, 5) is 26.6. The molecule has 1 saturated heterocycles. The number of nitro groups is 1. The van der Waals surface area contributed by atoms with Gasteiger partial charge in [0, 0.05) is 36.7 Å². The molecular formula is C26H27N3O8S2. The zero-order chi connectivity index (χ0) is 27.4. The van der Waals surface area contributed by atoms with Crippen molar-refractivity contribution >= 4 is 33.0 Å². The Hall–Kier alpha value is -3.52. The van der Waals surface area contributed by atoms with E-state index in [0.29, 0.717) is 31.1 Å². The molecule has 39 heavy (non-hydrogen) atoms.